The van der Waals surface area contributed by atoms with E-state index in [0.717, 1.165) is 26.1 Å². The molecule has 6 nitrogen and oxygen atoms in total. The Hall–Kier alpha value is -1.37. The van der Waals surface area contributed by atoms with Gasteiger partial charge in [-0.15, -0.1) is 0 Å². The summed E-state index contributed by atoms with van der Waals surface area (Å²) in [5.41, 5.74) is 0. The molecule has 0 saturated carbocycles. The second-order valence-corrected chi connectivity index (χ2v) is 5.71. The van der Waals surface area contributed by atoms with Crippen LogP contribution in [0.1, 0.15) is 17.0 Å². The van der Waals surface area contributed by atoms with Crippen molar-refractivity contribution < 1.29 is 19.1 Å². The molecule has 21 heavy (non-hydrogen) atoms. The van der Waals surface area contributed by atoms with Gasteiger partial charge in [-0.25, -0.2) is 0 Å². The second-order valence-electron chi connectivity index (χ2n) is 5.71. The molecule has 0 bridgehead atoms. The Labute approximate surface area is 124 Å². The van der Waals surface area contributed by atoms with E-state index < -0.39 is 0 Å². The first-order valence-electron chi connectivity index (χ1n) is 7.55. The lowest BCUT2D eigenvalue weighted by Gasteiger charge is -2.37. The number of amides is 1. The predicted octanol–water partition coefficient (Wildman–Crippen LogP) is 0.435. The molecule has 2 aliphatic rings. The quantitative estimate of drug-likeness (QED) is 0.876. The standard InChI is InChI=1S/C15H22N2O4/c18-7-5-16-4-3-12-10-17(6-9-21-14(12)11-16)15(19)13-2-1-8-20-13/h1-2,8,12,14,18H,3-7,9-11H2/t12-,14-/m0/s1. The van der Waals surface area contributed by atoms with E-state index in [9.17, 15) is 4.79 Å². The first-order chi connectivity index (χ1) is 10.3. The normalized spacial score (nSPS) is 27.2. The molecule has 2 aliphatic heterocycles. The second kappa shape index (κ2) is 6.60. The summed E-state index contributed by atoms with van der Waals surface area (Å²) >= 11 is 0. The molecular formula is C15H22N2O4. The summed E-state index contributed by atoms with van der Waals surface area (Å²) in [6.07, 6.45) is 2.67. The fraction of sp³-hybridized carbons (Fsp3) is 0.667. The van der Waals surface area contributed by atoms with Crippen molar-refractivity contribution in [2.75, 3.05) is 45.9 Å². The third kappa shape index (κ3) is 3.28. The number of likely N-dealkylation sites (tertiary alicyclic amines) is 1. The molecule has 0 aliphatic carbocycles. The Balaban J connectivity index is 1.63. The molecular weight excluding hydrogens is 272 g/mol. The van der Waals surface area contributed by atoms with Crippen molar-refractivity contribution in [1.82, 2.24) is 9.80 Å². The number of furan rings is 1. The molecule has 0 unspecified atom stereocenters. The van der Waals surface area contributed by atoms with Crippen LogP contribution in [-0.4, -0.2) is 72.9 Å². The van der Waals surface area contributed by atoms with Crippen molar-refractivity contribution in [3.63, 3.8) is 0 Å². The number of nitrogens with zero attached hydrogens (tertiary/aromatic N) is 2. The van der Waals surface area contributed by atoms with Crippen LogP contribution in [0.25, 0.3) is 0 Å². The van der Waals surface area contributed by atoms with E-state index in [1.54, 1.807) is 12.1 Å². The lowest BCUT2D eigenvalue weighted by Crippen LogP contribution is -2.48. The van der Waals surface area contributed by atoms with Gasteiger partial charge in [-0.2, -0.15) is 0 Å². The maximum absolute atomic E-state index is 12.4. The summed E-state index contributed by atoms with van der Waals surface area (Å²) in [5, 5.41) is 9.04. The molecule has 2 atom stereocenters. The molecule has 0 radical (unpaired) electrons. The number of hydrogen-bond donors (Lipinski definition) is 1. The number of fused-ring (bicyclic) bond motifs is 1. The molecule has 6 heteroatoms. The number of aliphatic hydroxyl groups is 1. The average molecular weight is 294 g/mol. The van der Waals surface area contributed by atoms with Crippen molar-refractivity contribution in [3.05, 3.63) is 24.2 Å². The van der Waals surface area contributed by atoms with Crippen LogP contribution in [0, 0.1) is 5.92 Å². The zero-order valence-corrected chi connectivity index (χ0v) is 12.1. The van der Waals surface area contributed by atoms with E-state index in [0.29, 0.717) is 31.4 Å². The lowest BCUT2D eigenvalue weighted by molar-refractivity contribution is -0.0249. The van der Waals surface area contributed by atoms with Crippen LogP contribution in [0.3, 0.4) is 0 Å². The van der Waals surface area contributed by atoms with E-state index in [4.69, 9.17) is 14.3 Å². The van der Waals surface area contributed by atoms with Gasteiger partial charge in [-0.05, 0) is 25.1 Å². The number of carbonyl (C=O) groups excluding carboxylic acids is 1. The van der Waals surface area contributed by atoms with Crippen LogP contribution in [0.15, 0.2) is 22.8 Å². The minimum atomic E-state index is -0.0537. The third-order valence-corrected chi connectivity index (χ3v) is 4.36. The van der Waals surface area contributed by atoms with E-state index in [2.05, 4.69) is 4.90 Å². The monoisotopic (exact) mass is 294 g/mol. The Morgan fingerprint density at radius 1 is 1.38 bits per heavy atom. The van der Waals surface area contributed by atoms with E-state index >= 15 is 0 Å². The SMILES string of the molecule is O=C(c1ccco1)N1CCO[C@H]2CN(CCO)CC[C@H]2C1. The fourth-order valence-electron chi connectivity index (χ4n) is 3.20. The molecule has 1 aromatic rings. The Bertz CT molecular complexity index is 462. The van der Waals surface area contributed by atoms with E-state index in [1.165, 1.54) is 6.26 Å². The Morgan fingerprint density at radius 2 is 2.29 bits per heavy atom. The van der Waals surface area contributed by atoms with Gasteiger partial charge in [-0.3, -0.25) is 9.69 Å². The maximum Gasteiger partial charge on any atom is 0.289 e. The van der Waals surface area contributed by atoms with Gasteiger partial charge < -0.3 is 19.2 Å². The Kier molecular flexibility index (Phi) is 4.57. The number of rotatable bonds is 3. The number of hydrogen-bond acceptors (Lipinski definition) is 5. The third-order valence-electron chi connectivity index (χ3n) is 4.36. The van der Waals surface area contributed by atoms with Crippen LogP contribution in [0.5, 0.6) is 0 Å². The van der Waals surface area contributed by atoms with Crippen molar-refractivity contribution in [2.24, 2.45) is 5.92 Å². The smallest absolute Gasteiger partial charge is 0.289 e. The highest BCUT2D eigenvalue weighted by molar-refractivity contribution is 5.91. The first kappa shape index (κ1) is 14.6. The summed E-state index contributed by atoms with van der Waals surface area (Å²) in [5.74, 6) is 0.703. The molecule has 1 N–H and O–H groups in total. The van der Waals surface area contributed by atoms with Gasteiger partial charge >= 0.3 is 0 Å². The molecule has 116 valence electrons. The fourth-order valence-corrected chi connectivity index (χ4v) is 3.20. The number of aliphatic hydroxyl groups excluding tert-OH is 1. The van der Waals surface area contributed by atoms with Crippen molar-refractivity contribution in [1.29, 1.82) is 0 Å². The van der Waals surface area contributed by atoms with Gasteiger partial charge in [0.25, 0.3) is 5.91 Å². The molecule has 0 aromatic carbocycles. The van der Waals surface area contributed by atoms with Gasteiger partial charge in [-0.1, -0.05) is 0 Å². The van der Waals surface area contributed by atoms with Crippen LogP contribution in [-0.2, 0) is 4.74 Å². The predicted molar refractivity (Wildman–Crippen MR) is 76.0 cm³/mol. The number of carbonyl (C=O) groups is 1. The highest BCUT2D eigenvalue weighted by atomic mass is 16.5. The molecule has 2 saturated heterocycles. The molecule has 2 fully saturated rings. The summed E-state index contributed by atoms with van der Waals surface area (Å²) in [7, 11) is 0. The van der Waals surface area contributed by atoms with Crippen LogP contribution in [0.2, 0.25) is 0 Å². The van der Waals surface area contributed by atoms with Crippen LogP contribution >= 0.6 is 0 Å². The average Bonchev–Trinajstić information content (AvgIpc) is 2.94. The van der Waals surface area contributed by atoms with Crippen molar-refractivity contribution in [2.45, 2.75) is 12.5 Å². The van der Waals surface area contributed by atoms with Crippen molar-refractivity contribution in [3.8, 4) is 0 Å². The van der Waals surface area contributed by atoms with Gasteiger partial charge in [0.05, 0.1) is 25.6 Å². The Morgan fingerprint density at radius 3 is 3.05 bits per heavy atom. The zero-order valence-electron chi connectivity index (χ0n) is 12.1. The summed E-state index contributed by atoms with van der Waals surface area (Å²) < 4.78 is 11.1. The van der Waals surface area contributed by atoms with Crippen LogP contribution in [0.4, 0.5) is 0 Å². The highest BCUT2D eigenvalue weighted by Gasteiger charge is 2.35. The minimum absolute atomic E-state index is 0.0537. The molecule has 3 heterocycles. The molecule has 0 spiro atoms. The minimum Gasteiger partial charge on any atom is -0.459 e. The van der Waals surface area contributed by atoms with Gasteiger partial charge in [0.1, 0.15) is 0 Å². The molecule has 1 aromatic heterocycles. The maximum atomic E-state index is 12.4. The largest absolute Gasteiger partial charge is 0.459 e. The van der Waals surface area contributed by atoms with Crippen molar-refractivity contribution >= 4 is 5.91 Å². The van der Waals surface area contributed by atoms with Gasteiger partial charge in [0.15, 0.2) is 5.76 Å². The van der Waals surface area contributed by atoms with Crippen LogP contribution < -0.4 is 0 Å². The molecule has 3 rings (SSSR count). The summed E-state index contributed by atoms with van der Waals surface area (Å²) in [4.78, 5) is 16.5. The topological polar surface area (TPSA) is 66.2 Å². The lowest BCUT2D eigenvalue weighted by atomic mass is 9.93. The van der Waals surface area contributed by atoms with E-state index in [-0.39, 0.29) is 18.6 Å². The summed E-state index contributed by atoms with van der Waals surface area (Å²) in [6, 6.07) is 3.44. The number of β-amino-alcohol motifs (C(OH)–C–C–N with tert-alkyl or cyclic N) is 1. The zero-order chi connectivity index (χ0) is 14.7. The number of ether oxygens (including phenoxy) is 1. The van der Waals surface area contributed by atoms with Gasteiger partial charge in [0, 0.05) is 32.1 Å². The summed E-state index contributed by atoms with van der Waals surface area (Å²) in [6.45, 7) is 4.55. The highest BCUT2D eigenvalue weighted by Crippen LogP contribution is 2.24. The van der Waals surface area contributed by atoms with E-state index in [1.807, 2.05) is 4.90 Å². The molecule has 1 amide bonds. The van der Waals surface area contributed by atoms with Gasteiger partial charge in [0.2, 0.25) is 0 Å². The number of piperidine rings is 1. The first-order valence-corrected chi connectivity index (χ1v) is 7.55.